The fourth-order valence-corrected chi connectivity index (χ4v) is 2.55. The summed E-state index contributed by atoms with van der Waals surface area (Å²) < 4.78 is 7.49. The number of para-hydroxylation sites is 1. The third kappa shape index (κ3) is 5.35. The second kappa shape index (κ2) is 9.45. The minimum Gasteiger partial charge on any atom is -0.494 e. The molecule has 0 unspecified atom stereocenters. The van der Waals surface area contributed by atoms with Gasteiger partial charge in [0.2, 0.25) is 0 Å². The largest absolute Gasteiger partial charge is 0.494 e. The number of hydrogen-bond acceptors (Lipinski definition) is 2. The predicted octanol–water partition coefficient (Wildman–Crippen LogP) is 3.47. The van der Waals surface area contributed by atoms with E-state index in [-0.39, 0.29) is 0 Å². The van der Waals surface area contributed by atoms with Gasteiger partial charge in [-0.1, -0.05) is 41.4 Å². The molecule has 2 N–H and O–H groups in total. The highest BCUT2D eigenvalue weighted by Gasteiger charge is 2.09. The third-order valence-electron chi connectivity index (χ3n) is 3.50. The first-order chi connectivity index (χ1) is 11.6. The van der Waals surface area contributed by atoms with Gasteiger partial charge >= 0.3 is 0 Å². The summed E-state index contributed by atoms with van der Waals surface area (Å²) in [7, 11) is 3.61. The van der Waals surface area contributed by atoms with Crippen molar-refractivity contribution in [2.45, 2.75) is 13.0 Å². The summed E-state index contributed by atoms with van der Waals surface area (Å²) in [4.78, 5) is 4.20. The Hall–Kier alpha value is -1.85. The average Bonchev–Trinajstić information content (AvgIpc) is 2.85. The SMILES string of the molecule is CN=C(NCCCOc1ccccc1)NCc1cc(Cl)c(Cl)n1C. The van der Waals surface area contributed by atoms with Crippen molar-refractivity contribution in [3.63, 3.8) is 0 Å². The molecule has 2 aromatic rings. The molecule has 1 heterocycles. The molecule has 7 heteroatoms. The molecule has 0 aliphatic heterocycles. The van der Waals surface area contributed by atoms with Gasteiger partial charge in [-0.2, -0.15) is 0 Å². The molecule has 2 rings (SSSR count). The van der Waals surface area contributed by atoms with Crippen molar-refractivity contribution in [1.29, 1.82) is 0 Å². The van der Waals surface area contributed by atoms with Crippen LogP contribution in [0.3, 0.4) is 0 Å². The Morgan fingerprint density at radius 3 is 2.58 bits per heavy atom. The number of nitrogens with one attached hydrogen (secondary N) is 2. The predicted molar refractivity (Wildman–Crippen MR) is 100 cm³/mol. The van der Waals surface area contributed by atoms with Crippen molar-refractivity contribution in [2.24, 2.45) is 12.0 Å². The standard InChI is InChI=1S/C17H22Cl2N4O/c1-20-17(22-12-13-11-15(18)16(19)23(13)2)21-9-6-10-24-14-7-4-3-5-8-14/h3-5,7-8,11H,6,9-10,12H2,1-2H3,(H2,20,21,22). The van der Waals surface area contributed by atoms with Crippen molar-refractivity contribution >= 4 is 29.2 Å². The quantitative estimate of drug-likeness (QED) is 0.447. The fraction of sp³-hybridized carbons (Fsp3) is 0.353. The number of aromatic nitrogens is 1. The van der Waals surface area contributed by atoms with Crippen LogP contribution in [0.5, 0.6) is 5.75 Å². The smallest absolute Gasteiger partial charge is 0.191 e. The van der Waals surface area contributed by atoms with Crippen molar-refractivity contribution in [3.8, 4) is 5.75 Å². The van der Waals surface area contributed by atoms with E-state index in [1.807, 2.05) is 48.0 Å². The van der Waals surface area contributed by atoms with Gasteiger partial charge in [0.05, 0.1) is 18.2 Å². The van der Waals surface area contributed by atoms with Gasteiger partial charge < -0.3 is 19.9 Å². The Morgan fingerprint density at radius 2 is 1.96 bits per heavy atom. The van der Waals surface area contributed by atoms with E-state index >= 15 is 0 Å². The van der Waals surface area contributed by atoms with Gasteiger partial charge in [-0.05, 0) is 24.6 Å². The van der Waals surface area contributed by atoms with Crippen LogP contribution in [0.4, 0.5) is 0 Å². The Morgan fingerprint density at radius 1 is 1.21 bits per heavy atom. The summed E-state index contributed by atoms with van der Waals surface area (Å²) >= 11 is 12.1. The van der Waals surface area contributed by atoms with E-state index in [1.54, 1.807) is 7.05 Å². The molecule has 0 saturated carbocycles. The Kier molecular flexibility index (Phi) is 7.28. The lowest BCUT2D eigenvalue weighted by Gasteiger charge is -2.12. The summed E-state index contributed by atoms with van der Waals surface area (Å²) in [5.41, 5.74) is 0.986. The zero-order valence-electron chi connectivity index (χ0n) is 13.9. The molecule has 0 fully saturated rings. The third-order valence-corrected chi connectivity index (χ3v) is 4.34. The lowest BCUT2D eigenvalue weighted by Crippen LogP contribution is -2.38. The van der Waals surface area contributed by atoms with E-state index in [0.717, 1.165) is 30.4 Å². The molecule has 0 radical (unpaired) electrons. The van der Waals surface area contributed by atoms with Gasteiger partial charge in [-0.25, -0.2) is 0 Å². The fourth-order valence-electron chi connectivity index (χ4n) is 2.14. The highest BCUT2D eigenvalue weighted by atomic mass is 35.5. The minimum atomic E-state index is 0.537. The zero-order chi connectivity index (χ0) is 17.4. The molecule has 1 aromatic carbocycles. The number of hydrogen-bond donors (Lipinski definition) is 2. The molecule has 0 aliphatic rings. The van der Waals surface area contributed by atoms with Crippen LogP contribution in [0, 0.1) is 0 Å². The van der Waals surface area contributed by atoms with Crippen LogP contribution in [0.2, 0.25) is 10.2 Å². The van der Waals surface area contributed by atoms with Crippen molar-refractivity contribution in [2.75, 3.05) is 20.2 Å². The molecule has 24 heavy (non-hydrogen) atoms. The average molecular weight is 369 g/mol. The van der Waals surface area contributed by atoms with Gasteiger partial charge in [0, 0.05) is 26.3 Å². The number of aliphatic imine (C=N–C) groups is 1. The van der Waals surface area contributed by atoms with Gasteiger partial charge in [-0.3, -0.25) is 4.99 Å². The van der Waals surface area contributed by atoms with Crippen LogP contribution in [0.25, 0.3) is 0 Å². The number of guanidine groups is 1. The van der Waals surface area contributed by atoms with E-state index in [9.17, 15) is 0 Å². The van der Waals surface area contributed by atoms with E-state index < -0.39 is 0 Å². The molecular formula is C17H22Cl2N4O. The molecule has 1 aromatic heterocycles. The highest BCUT2D eigenvalue weighted by molar-refractivity contribution is 6.41. The van der Waals surface area contributed by atoms with Gasteiger partial charge in [0.1, 0.15) is 10.9 Å². The summed E-state index contributed by atoms with van der Waals surface area (Å²) in [6.07, 6.45) is 0.872. The van der Waals surface area contributed by atoms with E-state index in [2.05, 4.69) is 15.6 Å². The lowest BCUT2D eigenvalue weighted by atomic mass is 10.3. The Labute approximate surface area is 152 Å². The first-order valence-corrected chi connectivity index (χ1v) is 8.49. The van der Waals surface area contributed by atoms with Crippen LogP contribution in [0.15, 0.2) is 41.4 Å². The number of halogens is 2. The van der Waals surface area contributed by atoms with Crippen LogP contribution in [-0.2, 0) is 13.6 Å². The molecule has 0 aliphatic carbocycles. The summed E-state index contributed by atoms with van der Waals surface area (Å²) in [5, 5.41) is 7.58. The number of nitrogens with zero attached hydrogens (tertiary/aromatic N) is 2. The van der Waals surface area contributed by atoms with E-state index in [0.29, 0.717) is 23.3 Å². The monoisotopic (exact) mass is 368 g/mol. The summed E-state index contributed by atoms with van der Waals surface area (Å²) in [6.45, 7) is 2.00. The second-order valence-electron chi connectivity index (χ2n) is 5.20. The molecule has 0 amide bonds. The molecule has 5 nitrogen and oxygen atoms in total. The van der Waals surface area contributed by atoms with Crippen molar-refractivity contribution in [1.82, 2.24) is 15.2 Å². The topological polar surface area (TPSA) is 50.6 Å². The highest BCUT2D eigenvalue weighted by Crippen LogP contribution is 2.24. The maximum absolute atomic E-state index is 6.06. The second-order valence-corrected chi connectivity index (χ2v) is 5.97. The number of benzene rings is 1. The maximum atomic E-state index is 6.06. The minimum absolute atomic E-state index is 0.537. The van der Waals surface area contributed by atoms with Crippen LogP contribution < -0.4 is 15.4 Å². The van der Waals surface area contributed by atoms with Crippen LogP contribution in [0.1, 0.15) is 12.1 Å². The van der Waals surface area contributed by atoms with Crippen LogP contribution in [-0.4, -0.2) is 30.7 Å². The first kappa shape index (κ1) is 18.5. The van der Waals surface area contributed by atoms with Crippen molar-refractivity contribution < 1.29 is 4.74 Å². The van der Waals surface area contributed by atoms with E-state index in [4.69, 9.17) is 27.9 Å². The molecule has 130 valence electrons. The van der Waals surface area contributed by atoms with Gasteiger partial charge in [0.15, 0.2) is 5.96 Å². The summed E-state index contributed by atoms with van der Waals surface area (Å²) in [6, 6.07) is 11.6. The maximum Gasteiger partial charge on any atom is 0.191 e. The molecule has 0 saturated heterocycles. The Balaban J connectivity index is 1.68. The number of rotatable bonds is 7. The molecule has 0 spiro atoms. The lowest BCUT2D eigenvalue weighted by molar-refractivity contribution is 0.311. The van der Waals surface area contributed by atoms with E-state index in [1.165, 1.54) is 0 Å². The summed E-state index contributed by atoms with van der Waals surface area (Å²) in [5.74, 6) is 1.61. The molecule has 0 atom stereocenters. The zero-order valence-corrected chi connectivity index (χ0v) is 15.4. The molecule has 0 bridgehead atoms. The normalized spacial score (nSPS) is 11.4. The van der Waals surface area contributed by atoms with Crippen LogP contribution >= 0.6 is 23.2 Å². The van der Waals surface area contributed by atoms with Crippen molar-refractivity contribution in [3.05, 3.63) is 52.3 Å². The molecular weight excluding hydrogens is 347 g/mol. The van der Waals surface area contributed by atoms with Gasteiger partial charge in [0.25, 0.3) is 0 Å². The first-order valence-electron chi connectivity index (χ1n) is 7.73. The van der Waals surface area contributed by atoms with Gasteiger partial charge in [-0.15, -0.1) is 0 Å². The Bertz CT molecular complexity index is 671. The number of ether oxygens (including phenoxy) is 1.